The molecule has 2 heterocycles. The van der Waals surface area contributed by atoms with E-state index in [4.69, 9.17) is 38.4 Å². The van der Waals surface area contributed by atoms with E-state index in [1.165, 1.54) is 19.3 Å². The number of nitrogens with one attached hydrogen (secondary N) is 3. The predicted octanol–water partition coefficient (Wildman–Crippen LogP) is 9.34. The maximum atomic E-state index is 11.6. The number of fused-ring (bicyclic) bond motifs is 2. The van der Waals surface area contributed by atoms with E-state index in [1.54, 1.807) is 48.5 Å². The van der Waals surface area contributed by atoms with Gasteiger partial charge in [-0.15, -0.1) is 0 Å². The first-order chi connectivity index (χ1) is 24.6. The smallest absolute Gasteiger partial charge is 0.221 e. The summed E-state index contributed by atoms with van der Waals surface area (Å²) >= 11 is 12.1. The van der Waals surface area contributed by atoms with Gasteiger partial charge in [-0.3, -0.25) is 14.8 Å². The van der Waals surface area contributed by atoms with Crippen LogP contribution in [0, 0.1) is 22.7 Å². The van der Waals surface area contributed by atoms with E-state index in [0.29, 0.717) is 85.1 Å². The van der Waals surface area contributed by atoms with Crippen LogP contribution in [0.15, 0.2) is 85.2 Å². The number of pyridine rings is 2. The first-order valence-corrected chi connectivity index (χ1v) is 16.5. The normalized spacial score (nSPS) is 10.3. The van der Waals surface area contributed by atoms with Gasteiger partial charge in [0.15, 0.2) is 0 Å². The molecule has 0 atom stereocenters. The fourth-order valence-electron chi connectivity index (χ4n) is 5.16. The van der Waals surface area contributed by atoms with Crippen LogP contribution in [0.3, 0.4) is 0 Å². The molecule has 1 amide bonds. The highest BCUT2D eigenvalue weighted by atomic mass is 35.5. The number of hydrogen-bond donors (Lipinski definition) is 4. The van der Waals surface area contributed by atoms with E-state index in [1.807, 2.05) is 38.1 Å². The van der Waals surface area contributed by atoms with E-state index >= 15 is 0 Å². The number of ether oxygens (including phenoxy) is 2. The number of nitrogens with two attached hydrogens (primary N) is 1. The number of carbonyl (C=O) groups is 1. The maximum Gasteiger partial charge on any atom is 0.221 e. The number of carbonyl (C=O) groups excluding carboxylic acids is 1. The topological polar surface area (TPSA) is 171 Å². The fraction of sp³-hybridized carbons (Fsp3) is 0.132. The van der Waals surface area contributed by atoms with Crippen molar-refractivity contribution < 1.29 is 14.3 Å². The highest BCUT2D eigenvalue weighted by Gasteiger charge is 2.16. The zero-order chi connectivity index (χ0) is 36.5. The van der Waals surface area contributed by atoms with Crippen molar-refractivity contribution in [3.63, 3.8) is 0 Å². The molecule has 0 aliphatic heterocycles. The Labute approximate surface area is 304 Å². The molecule has 0 radical (unpaired) electrons. The zero-order valence-electron chi connectivity index (χ0n) is 27.8. The molecule has 6 rings (SSSR count). The summed E-state index contributed by atoms with van der Waals surface area (Å²) in [5.74, 6) is 0.881. The molecule has 0 spiro atoms. The van der Waals surface area contributed by atoms with E-state index < -0.39 is 0 Å². The van der Waals surface area contributed by atoms with Crippen molar-refractivity contribution in [2.45, 2.75) is 20.8 Å². The Morgan fingerprint density at radius 1 is 0.765 bits per heavy atom. The Balaban J connectivity index is 0.000000199. The van der Waals surface area contributed by atoms with Crippen molar-refractivity contribution in [2.75, 3.05) is 34.9 Å². The minimum atomic E-state index is -0.218. The van der Waals surface area contributed by atoms with Crippen LogP contribution in [0.25, 0.3) is 21.8 Å². The van der Waals surface area contributed by atoms with Gasteiger partial charge in [0.2, 0.25) is 5.91 Å². The molecule has 0 unspecified atom stereocenters. The predicted molar refractivity (Wildman–Crippen MR) is 203 cm³/mol. The van der Waals surface area contributed by atoms with Gasteiger partial charge in [-0.05, 0) is 62.4 Å². The first kappa shape index (κ1) is 36.0. The second-order valence-electron chi connectivity index (χ2n) is 10.9. The number of hydrogen-bond acceptors (Lipinski definition) is 10. The second-order valence-corrected chi connectivity index (χ2v) is 11.8. The van der Waals surface area contributed by atoms with Crippen LogP contribution >= 0.6 is 23.2 Å². The van der Waals surface area contributed by atoms with E-state index in [0.717, 1.165) is 16.8 Å². The molecule has 6 aromatic rings. The number of nitriles is 2. The molecule has 4 aromatic carbocycles. The number of rotatable bonds is 9. The molecule has 13 heteroatoms. The zero-order valence-corrected chi connectivity index (χ0v) is 29.4. The summed E-state index contributed by atoms with van der Waals surface area (Å²) in [5.41, 5.74) is 11.9. The highest BCUT2D eigenvalue weighted by molar-refractivity contribution is 6.31. The monoisotopic (exact) mass is 718 g/mol. The van der Waals surface area contributed by atoms with Gasteiger partial charge in [-0.1, -0.05) is 35.3 Å². The largest absolute Gasteiger partial charge is 0.492 e. The average molecular weight is 720 g/mol. The molecule has 0 bridgehead atoms. The lowest BCUT2D eigenvalue weighted by Crippen LogP contribution is -2.08. The van der Waals surface area contributed by atoms with Gasteiger partial charge in [0.1, 0.15) is 23.6 Å². The molecule has 0 aliphatic carbocycles. The van der Waals surface area contributed by atoms with Crippen molar-refractivity contribution in [3.8, 4) is 23.6 Å². The molecule has 11 nitrogen and oxygen atoms in total. The van der Waals surface area contributed by atoms with Crippen LogP contribution < -0.4 is 31.2 Å². The molecular weight excluding hydrogens is 687 g/mol. The summed E-state index contributed by atoms with van der Waals surface area (Å²) in [6.45, 7) is 6.14. The SMILES string of the molecule is CCOc1cc2ncc(C#N)c(Nc3cccc(Cl)c3)c2cc1N.CCOc1cc2ncc(C#N)c(Nc3cccc(Cl)c3)c2cc1NC(C)=O. The minimum Gasteiger partial charge on any atom is -0.492 e. The Kier molecular flexibility index (Phi) is 11.6. The quantitative estimate of drug-likeness (QED) is 0.106. The molecule has 5 N–H and O–H groups in total. The molecule has 0 saturated heterocycles. The van der Waals surface area contributed by atoms with Gasteiger partial charge < -0.3 is 31.2 Å². The fourth-order valence-corrected chi connectivity index (χ4v) is 5.54. The molecule has 256 valence electrons. The number of anilines is 6. The Morgan fingerprint density at radius 3 is 1.73 bits per heavy atom. The van der Waals surface area contributed by atoms with Crippen LogP contribution in [0.5, 0.6) is 11.5 Å². The average Bonchev–Trinajstić information content (AvgIpc) is 3.10. The third-order valence-electron chi connectivity index (χ3n) is 7.31. The van der Waals surface area contributed by atoms with Gasteiger partial charge in [0.05, 0.1) is 58.1 Å². The van der Waals surface area contributed by atoms with E-state index in [2.05, 4.69) is 38.1 Å². The number of benzene rings is 4. The van der Waals surface area contributed by atoms with Crippen molar-refractivity contribution in [2.24, 2.45) is 0 Å². The molecule has 0 fully saturated rings. The Morgan fingerprint density at radius 2 is 1.25 bits per heavy atom. The number of nitrogens with zero attached hydrogens (tertiary/aromatic N) is 4. The molecular formula is C38H32Cl2N8O3. The summed E-state index contributed by atoms with van der Waals surface area (Å²) in [5, 5.41) is 30.8. The van der Waals surface area contributed by atoms with Gasteiger partial charge in [0, 0.05) is 63.6 Å². The van der Waals surface area contributed by atoms with E-state index in [9.17, 15) is 15.3 Å². The van der Waals surface area contributed by atoms with Crippen molar-refractivity contribution in [1.82, 2.24) is 9.97 Å². The van der Waals surface area contributed by atoms with Crippen LogP contribution in [0.1, 0.15) is 31.9 Å². The summed E-state index contributed by atoms with van der Waals surface area (Å²) in [7, 11) is 0. The summed E-state index contributed by atoms with van der Waals surface area (Å²) in [6, 6.07) is 25.8. The van der Waals surface area contributed by atoms with Crippen molar-refractivity contribution in [3.05, 3.63) is 106 Å². The Bertz CT molecular complexity index is 2340. The lowest BCUT2D eigenvalue weighted by atomic mass is 10.1. The second kappa shape index (κ2) is 16.4. The number of nitrogen functional groups attached to an aromatic ring is 1. The van der Waals surface area contributed by atoms with Crippen molar-refractivity contribution in [1.29, 1.82) is 10.5 Å². The van der Waals surface area contributed by atoms with Gasteiger partial charge >= 0.3 is 0 Å². The van der Waals surface area contributed by atoms with Gasteiger partial charge in [-0.25, -0.2) is 0 Å². The Hall–Kier alpha value is -6.27. The van der Waals surface area contributed by atoms with Crippen LogP contribution in [0.4, 0.5) is 34.1 Å². The lowest BCUT2D eigenvalue weighted by Gasteiger charge is -2.16. The van der Waals surface area contributed by atoms with Gasteiger partial charge in [-0.2, -0.15) is 10.5 Å². The molecule has 2 aromatic heterocycles. The van der Waals surface area contributed by atoms with Crippen LogP contribution in [0.2, 0.25) is 10.0 Å². The third-order valence-corrected chi connectivity index (χ3v) is 7.78. The van der Waals surface area contributed by atoms with Gasteiger partial charge in [0.25, 0.3) is 0 Å². The third kappa shape index (κ3) is 8.67. The summed E-state index contributed by atoms with van der Waals surface area (Å²) in [6.07, 6.45) is 3.03. The molecule has 0 saturated carbocycles. The summed E-state index contributed by atoms with van der Waals surface area (Å²) in [4.78, 5) is 20.3. The maximum absolute atomic E-state index is 11.6. The lowest BCUT2D eigenvalue weighted by molar-refractivity contribution is -0.114. The standard InChI is InChI=1S/C20H17ClN4O2.C18H15ClN4O/c1-3-27-19-9-17-16(8-18(19)24-12(2)26)20(13(10-22)11-23-17)25-15-6-4-5-14(21)7-15;1-2-24-17-8-16-14(7-15(17)21)18(11(9-20)10-22-16)23-13-5-3-4-12(19)6-13/h4-9,11H,3H2,1-2H3,(H,23,25)(H,24,26);3-8,10H,2,21H2,1H3,(H,22,23). The first-order valence-electron chi connectivity index (χ1n) is 15.7. The van der Waals surface area contributed by atoms with Crippen LogP contribution in [-0.2, 0) is 4.79 Å². The molecule has 0 aliphatic rings. The van der Waals surface area contributed by atoms with E-state index in [-0.39, 0.29) is 5.91 Å². The summed E-state index contributed by atoms with van der Waals surface area (Å²) < 4.78 is 11.1. The number of amides is 1. The number of halogens is 2. The minimum absolute atomic E-state index is 0.218. The molecule has 51 heavy (non-hydrogen) atoms. The number of aromatic nitrogens is 2. The van der Waals surface area contributed by atoms with Crippen LogP contribution in [-0.4, -0.2) is 29.1 Å². The van der Waals surface area contributed by atoms with Crippen molar-refractivity contribution >= 4 is 85.0 Å². The highest BCUT2D eigenvalue weighted by Crippen LogP contribution is 2.37.